The van der Waals surface area contributed by atoms with Gasteiger partial charge in [-0.1, -0.05) is 20.8 Å². The zero-order chi connectivity index (χ0) is 29.6. The number of hydrogen-bond acceptors (Lipinski definition) is 7. The van der Waals surface area contributed by atoms with Crippen LogP contribution in [0.1, 0.15) is 44.5 Å². The molecule has 5 rings (SSSR count). The quantitative estimate of drug-likeness (QED) is 0.319. The fourth-order valence-corrected chi connectivity index (χ4v) is 4.89. The first-order chi connectivity index (χ1) is 19.4. The summed E-state index contributed by atoms with van der Waals surface area (Å²) in [6.45, 7) is 10.0. The fourth-order valence-electron chi connectivity index (χ4n) is 4.89. The third-order valence-corrected chi connectivity index (χ3v) is 7.13. The summed E-state index contributed by atoms with van der Waals surface area (Å²) in [6.07, 6.45) is 4.54. The maximum atomic E-state index is 15.3. The first-order valence-corrected chi connectivity index (χ1v) is 13.3. The zero-order valence-corrected chi connectivity index (χ0v) is 23.9. The number of aliphatic hydroxyl groups is 1. The van der Waals surface area contributed by atoms with Gasteiger partial charge in [-0.05, 0) is 54.7 Å². The number of fused-ring (bicyclic) bond motifs is 1. The van der Waals surface area contributed by atoms with E-state index in [-0.39, 0.29) is 27.9 Å². The number of hydrogen-bond donors (Lipinski definition) is 2. The van der Waals surface area contributed by atoms with Crippen molar-refractivity contribution in [1.82, 2.24) is 29.1 Å². The van der Waals surface area contributed by atoms with Crippen LogP contribution in [0.3, 0.4) is 0 Å². The molecule has 0 fully saturated rings. The molecule has 0 bridgehead atoms. The first kappa shape index (κ1) is 27.9. The molecule has 0 atom stereocenters. The summed E-state index contributed by atoms with van der Waals surface area (Å²) >= 11 is 0. The summed E-state index contributed by atoms with van der Waals surface area (Å²) in [6, 6.07) is 8.32. The molecule has 2 N–H and O–H groups in total. The van der Waals surface area contributed by atoms with Crippen molar-refractivity contribution in [3.63, 3.8) is 0 Å². The van der Waals surface area contributed by atoms with E-state index in [1.54, 1.807) is 31.4 Å². The van der Waals surface area contributed by atoms with Crippen LogP contribution in [0, 0.1) is 12.7 Å². The summed E-state index contributed by atoms with van der Waals surface area (Å²) in [5.41, 5.74) is 2.11. The standard InChI is InChI=1S/C30H32FN7O3/c1-7-37-17(2)10-25(35-37)34-24-12-19(15-36(6)28(24)40)21-8-9-32-27(22(21)16-39)38-29(41)26-18(14-33-38)11-20(13-23(26)31)30(3,4)5/h8-15,39H,7,16H2,1-6H3,(H,34,35). The lowest BCUT2D eigenvalue weighted by Crippen LogP contribution is -2.25. The molecular formula is C30H32FN7O3. The Bertz CT molecular complexity index is 1920. The Morgan fingerprint density at radius 3 is 2.51 bits per heavy atom. The number of nitrogens with zero attached hydrogens (tertiary/aromatic N) is 6. The van der Waals surface area contributed by atoms with Crippen LogP contribution in [-0.4, -0.2) is 34.2 Å². The SMILES string of the molecule is CCn1nc(Nc2cc(-c3ccnc(-n4ncc5cc(C(C)(C)C)cc(F)c5c4=O)c3CO)cn(C)c2=O)cc1C. The Kier molecular flexibility index (Phi) is 7.08. The lowest BCUT2D eigenvalue weighted by atomic mass is 9.86. The second-order valence-electron chi connectivity index (χ2n) is 11.0. The molecule has 41 heavy (non-hydrogen) atoms. The van der Waals surface area contributed by atoms with Crippen LogP contribution in [0.5, 0.6) is 0 Å². The normalized spacial score (nSPS) is 11.8. The summed E-state index contributed by atoms with van der Waals surface area (Å²) in [7, 11) is 1.62. The summed E-state index contributed by atoms with van der Waals surface area (Å²) in [5.74, 6) is -0.0540. The van der Waals surface area contributed by atoms with Crippen LogP contribution >= 0.6 is 0 Å². The van der Waals surface area contributed by atoms with E-state index in [9.17, 15) is 14.7 Å². The predicted octanol–water partition coefficient (Wildman–Crippen LogP) is 4.34. The van der Waals surface area contributed by atoms with E-state index in [1.807, 2.05) is 45.4 Å². The van der Waals surface area contributed by atoms with Crippen molar-refractivity contribution in [3.05, 3.63) is 92.3 Å². The Hall–Kier alpha value is -4.64. The summed E-state index contributed by atoms with van der Waals surface area (Å²) < 4.78 is 19.5. The van der Waals surface area contributed by atoms with Gasteiger partial charge in [-0.2, -0.15) is 14.9 Å². The van der Waals surface area contributed by atoms with Crippen LogP contribution in [-0.2, 0) is 25.6 Å². The van der Waals surface area contributed by atoms with Crippen molar-refractivity contribution < 1.29 is 9.50 Å². The van der Waals surface area contributed by atoms with Crippen molar-refractivity contribution >= 4 is 22.3 Å². The minimum absolute atomic E-state index is 0.0665. The van der Waals surface area contributed by atoms with E-state index in [0.29, 0.717) is 34.4 Å². The van der Waals surface area contributed by atoms with Crippen molar-refractivity contribution in [1.29, 1.82) is 0 Å². The molecule has 0 radical (unpaired) electrons. The fraction of sp³-hybridized carbons (Fsp3) is 0.300. The maximum Gasteiger partial charge on any atom is 0.283 e. The van der Waals surface area contributed by atoms with E-state index < -0.39 is 18.0 Å². The highest BCUT2D eigenvalue weighted by molar-refractivity contribution is 5.83. The second kappa shape index (κ2) is 10.4. The molecule has 212 valence electrons. The van der Waals surface area contributed by atoms with Gasteiger partial charge in [0, 0.05) is 54.3 Å². The molecule has 5 aromatic rings. The van der Waals surface area contributed by atoms with Gasteiger partial charge < -0.3 is 15.0 Å². The lowest BCUT2D eigenvalue weighted by Gasteiger charge is -2.20. The van der Waals surface area contributed by atoms with Crippen molar-refractivity contribution in [2.75, 3.05) is 5.32 Å². The highest BCUT2D eigenvalue weighted by atomic mass is 19.1. The van der Waals surface area contributed by atoms with Crippen molar-refractivity contribution in [2.24, 2.45) is 7.05 Å². The van der Waals surface area contributed by atoms with Gasteiger partial charge in [0.1, 0.15) is 11.5 Å². The number of rotatable bonds is 6. The lowest BCUT2D eigenvalue weighted by molar-refractivity contribution is 0.281. The molecule has 11 heteroatoms. The predicted molar refractivity (Wildman–Crippen MR) is 156 cm³/mol. The Morgan fingerprint density at radius 2 is 1.85 bits per heavy atom. The molecule has 0 aliphatic rings. The number of aliphatic hydroxyl groups excluding tert-OH is 1. The van der Waals surface area contributed by atoms with Gasteiger partial charge in [0.05, 0.1) is 18.2 Å². The second-order valence-corrected chi connectivity index (χ2v) is 11.0. The first-order valence-electron chi connectivity index (χ1n) is 13.3. The third-order valence-electron chi connectivity index (χ3n) is 7.13. The van der Waals surface area contributed by atoms with Crippen LogP contribution in [0.15, 0.2) is 58.5 Å². The molecule has 0 amide bonds. The molecular weight excluding hydrogens is 525 g/mol. The molecule has 4 heterocycles. The van der Waals surface area contributed by atoms with Gasteiger partial charge in [0.15, 0.2) is 11.6 Å². The maximum absolute atomic E-state index is 15.3. The minimum atomic E-state index is -0.690. The number of anilines is 2. The number of pyridine rings is 2. The van der Waals surface area contributed by atoms with E-state index in [4.69, 9.17) is 0 Å². The van der Waals surface area contributed by atoms with Gasteiger partial charge in [0.2, 0.25) is 0 Å². The molecule has 0 aliphatic carbocycles. The third kappa shape index (κ3) is 5.04. The van der Waals surface area contributed by atoms with E-state index >= 15 is 4.39 Å². The molecule has 0 aliphatic heterocycles. The largest absolute Gasteiger partial charge is 0.392 e. The molecule has 0 saturated heterocycles. The molecule has 4 aromatic heterocycles. The highest BCUT2D eigenvalue weighted by Crippen LogP contribution is 2.30. The summed E-state index contributed by atoms with van der Waals surface area (Å²) in [4.78, 5) is 30.8. The molecule has 0 spiro atoms. The molecule has 0 unspecified atom stereocenters. The van der Waals surface area contributed by atoms with Gasteiger partial charge in [-0.25, -0.2) is 9.37 Å². The minimum Gasteiger partial charge on any atom is -0.392 e. The van der Waals surface area contributed by atoms with Gasteiger partial charge in [-0.3, -0.25) is 14.3 Å². The molecule has 10 nitrogen and oxygen atoms in total. The zero-order valence-electron chi connectivity index (χ0n) is 23.9. The van der Waals surface area contributed by atoms with Crippen molar-refractivity contribution in [3.8, 4) is 16.9 Å². The molecule has 1 aromatic carbocycles. The van der Waals surface area contributed by atoms with E-state index in [2.05, 4.69) is 20.5 Å². The highest BCUT2D eigenvalue weighted by Gasteiger charge is 2.21. The smallest absolute Gasteiger partial charge is 0.283 e. The van der Waals surface area contributed by atoms with Crippen LogP contribution in [0.4, 0.5) is 15.9 Å². The Balaban J connectivity index is 1.64. The number of halogens is 1. The Morgan fingerprint density at radius 1 is 1.10 bits per heavy atom. The van der Waals surface area contributed by atoms with E-state index in [1.165, 1.54) is 23.0 Å². The topological polar surface area (TPSA) is 120 Å². The average molecular weight is 558 g/mol. The van der Waals surface area contributed by atoms with Crippen molar-refractivity contribution in [2.45, 2.75) is 53.2 Å². The van der Waals surface area contributed by atoms with Gasteiger partial charge >= 0.3 is 0 Å². The van der Waals surface area contributed by atoms with Crippen LogP contribution in [0.25, 0.3) is 27.7 Å². The van der Waals surface area contributed by atoms with Crippen LogP contribution < -0.4 is 16.4 Å². The van der Waals surface area contributed by atoms with Gasteiger partial charge in [0.25, 0.3) is 11.1 Å². The number of nitrogens with one attached hydrogen (secondary N) is 1. The number of aromatic nitrogens is 6. The monoisotopic (exact) mass is 557 g/mol. The number of aryl methyl sites for hydroxylation is 3. The summed E-state index contributed by atoms with van der Waals surface area (Å²) in [5, 5.41) is 22.6. The van der Waals surface area contributed by atoms with E-state index in [0.717, 1.165) is 15.9 Å². The van der Waals surface area contributed by atoms with Crippen LogP contribution in [0.2, 0.25) is 0 Å². The number of benzene rings is 1. The molecule has 0 saturated carbocycles. The Labute approximate surface area is 235 Å². The average Bonchev–Trinajstić information content (AvgIpc) is 3.28. The van der Waals surface area contributed by atoms with Gasteiger partial charge in [-0.15, -0.1) is 0 Å².